The van der Waals surface area contributed by atoms with Gasteiger partial charge >= 0.3 is 0 Å². The maximum Gasteiger partial charge on any atom is 0.220 e. The number of carbonyl (C=O) groups excluding carboxylic acids is 1. The number of hydrogen-bond acceptors (Lipinski definition) is 18. The first-order chi connectivity index (χ1) is 56.8. The van der Waals surface area contributed by atoms with Crippen LogP contribution in [-0.4, -0.2) is 193 Å². The summed E-state index contributed by atoms with van der Waals surface area (Å²) in [4.78, 5) is 13.5. The fourth-order valence-corrected chi connectivity index (χ4v) is 14.3. The summed E-state index contributed by atoms with van der Waals surface area (Å²) in [5.41, 5.74) is 0. The van der Waals surface area contributed by atoms with E-state index in [9.17, 15) is 61.0 Å². The normalized spacial score (nSPS) is 25.3. The Hall–Kier alpha value is -4.59. The standard InChI is InChI=1S/C97H163NO18/c1-3-5-7-9-11-13-15-17-19-21-23-25-27-29-31-33-35-37-38-39-40-41-42-43-45-47-49-51-53-55-57-59-61-63-65-67-69-71-73-75-85(103)98-80(81(102)74-72-70-68-66-64-62-60-58-56-54-52-50-48-46-44-36-34-32-30-28-26-24-22-20-18-16-14-12-10-8-6-4-2)79-111-95-91(109)88(106)93(83(77-100)113-95)116-97-92(110)89(107)94(84(78-101)114-97)115-96-90(108)87(105)86(104)82(76-99)112-96/h5,7,11,13,17,19,23,25,29,31,35,37,39-40,42-43,47,49,53,55-56,58,64,66,72,74,80-84,86-97,99-102,104-110H,3-4,6,8-10,12,14-16,18,20-22,24,26-28,30,32-34,36,38,41,44-46,48,50-52,54,57,59-63,65,67-71,73,75-79H2,1-2H3,(H,98,103)/b7-5-,13-11-,19-17-,25-23-,31-29-,37-35-,40-39-,43-42-,49-47-,55-53-,58-56+,66-64+,74-72+. The molecule has 3 rings (SSSR count). The van der Waals surface area contributed by atoms with Gasteiger partial charge in [-0.05, 0) is 122 Å². The molecule has 3 heterocycles. The van der Waals surface area contributed by atoms with Crippen LogP contribution in [0.4, 0.5) is 0 Å². The van der Waals surface area contributed by atoms with E-state index in [-0.39, 0.29) is 18.9 Å². The SMILES string of the molecule is CC/C=C\C/C=C\C/C=C\C/C=C\C/C=C\C/C=C\C/C=C\C/C=C\C/C=C\C/C=C\CCCCCCCCCCC(=O)NC(COC1OC(CO)C(OC2OC(CO)C(OC3OC(CO)C(O)C(O)C3O)C(O)C2O)C(O)C1O)C(O)/C=C/CC/C=C/CC/C=C/CCCCCCCCCCCCCCCCCCCCCCCC. The number of carbonyl (C=O) groups is 1. The Kier molecular flexibility index (Phi) is 67.6. The van der Waals surface area contributed by atoms with Crippen LogP contribution < -0.4 is 5.32 Å². The average molecular weight is 1630 g/mol. The molecule has 17 unspecified atom stereocenters. The molecule has 0 radical (unpaired) electrons. The number of amides is 1. The van der Waals surface area contributed by atoms with Crippen LogP contribution in [0.3, 0.4) is 0 Å². The second-order valence-corrected chi connectivity index (χ2v) is 31.7. The van der Waals surface area contributed by atoms with Crippen molar-refractivity contribution in [3.05, 3.63) is 158 Å². The minimum atomic E-state index is -1.99. The molecule has 12 N–H and O–H groups in total. The first-order valence-electron chi connectivity index (χ1n) is 45.7. The number of ether oxygens (including phenoxy) is 6. The lowest BCUT2D eigenvalue weighted by atomic mass is 9.96. The highest BCUT2D eigenvalue weighted by Crippen LogP contribution is 2.33. The third-order valence-electron chi connectivity index (χ3n) is 21.5. The highest BCUT2D eigenvalue weighted by molar-refractivity contribution is 5.76. The molecule has 0 saturated carbocycles. The van der Waals surface area contributed by atoms with Crippen molar-refractivity contribution in [2.45, 2.75) is 420 Å². The molecule has 0 spiro atoms. The van der Waals surface area contributed by atoms with Crippen molar-refractivity contribution < 1.29 is 89.4 Å². The molecule has 0 aromatic rings. The summed E-state index contributed by atoms with van der Waals surface area (Å²) in [5.74, 6) is -0.302. The lowest BCUT2D eigenvalue weighted by molar-refractivity contribution is -0.379. The monoisotopic (exact) mass is 1630 g/mol. The van der Waals surface area contributed by atoms with Gasteiger partial charge in [0.15, 0.2) is 18.9 Å². The molecule has 3 saturated heterocycles. The Bertz CT molecular complexity index is 2720. The van der Waals surface area contributed by atoms with E-state index in [2.05, 4.69) is 165 Å². The first kappa shape index (κ1) is 106. The molecule has 3 aliphatic rings. The molecule has 0 aromatic heterocycles. The van der Waals surface area contributed by atoms with E-state index in [4.69, 9.17) is 28.4 Å². The number of allylic oxidation sites excluding steroid dienone is 25. The lowest BCUT2D eigenvalue weighted by Gasteiger charge is -2.48. The van der Waals surface area contributed by atoms with Crippen LogP contribution >= 0.6 is 0 Å². The van der Waals surface area contributed by atoms with Gasteiger partial charge in [-0.15, -0.1) is 0 Å². The van der Waals surface area contributed by atoms with Crippen molar-refractivity contribution in [3.8, 4) is 0 Å². The van der Waals surface area contributed by atoms with Gasteiger partial charge in [-0.1, -0.05) is 345 Å². The molecule has 1 amide bonds. The van der Waals surface area contributed by atoms with Crippen LogP contribution in [0.25, 0.3) is 0 Å². The van der Waals surface area contributed by atoms with Gasteiger partial charge in [-0.25, -0.2) is 0 Å². The van der Waals surface area contributed by atoms with Gasteiger partial charge < -0.3 is 89.9 Å². The zero-order valence-corrected chi connectivity index (χ0v) is 71.7. The van der Waals surface area contributed by atoms with E-state index in [0.29, 0.717) is 12.8 Å². The number of nitrogens with one attached hydrogen (secondary N) is 1. The Morgan fingerprint density at radius 2 is 0.603 bits per heavy atom. The van der Waals surface area contributed by atoms with E-state index >= 15 is 0 Å². The van der Waals surface area contributed by atoms with Gasteiger partial charge in [0.25, 0.3) is 0 Å². The second-order valence-electron chi connectivity index (χ2n) is 31.7. The number of rotatable bonds is 72. The van der Waals surface area contributed by atoms with Crippen LogP contribution in [0.15, 0.2) is 158 Å². The maximum atomic E-state index is 13.5. The van der Waals surface area contributed by atoms with Crippen molar-refractivity contribution in [1.82, 2.24) is 5.32 Å². The Labute approximate surface area is 701 Å². The predicted octanol–water partition coefficient (Wildman–Crippen LogP) is 17.9. The Balaban J connectivity index is 1.36. The molecule has 664 valence electrons. The van der Waals surface area contributed by atoms with Crippen molar-refractivity contribution in [2.24, 2.45) is 0 Å². The first-order valence-corrected chi connectivity index (χ1v) is 45.7. The summed E-state index contributed by atoms with van der Waals surface area (Å²) in [6.07, 6.45) is 83.9. The molecule has 17 atom stereocenters. The number of aliphatic hydroxyl groups excluding tert-OH is 11. The minimum absolute atomic E-state index is 0.212. The molecule has 19 heteroatoms. The van der Waals surface area contributed by atoms with Gasteiger partial charge in [0.2, 0.25) is 5.91 Å². The zero-order chi connectivity index (χ0) is 83.8. The Morgan fingerprint density at radius 1 is 0.319 bits per heavy atom. The van der Waals surface area contributed by atoms with Gasteiger partial charge in [0, 0.05) is 6.42 Å². The topological polar surface area (TPSA) is 307 Å². The van der Waals surface area contributed by atoms with Crippen molar-refractivity contribution >= 4 is 5.91 Å². The van der Waals surface area contributed by atoms with Gasteiger partial charge in [-0.3, -0.25) is 4.79 Å². The summed E-state index contributed by atoms with van der Waals surface area (Å²) in [6, 6.07) is -1.02. The van der Waals surface area contributed by atoms with Crippen LogP contribution in [0.5, 0.6) is 0 Å². The molecule has 3 fully saturated rings. The summed E-state index contributed by atoms with van der Waals surface area (Å²) in [6.45, 7) is 1.61. The maximum absolute atomic E-state index is 13.5. The highest BCUT2D eigenvalue weighted by atomic mass is 16.8. The second kappa shape index (κ2) is 74.3. The van der Waals surface area contributed by atoms with Gasteiger partial charge in [0.1, 0.15) is 73.2 Å². The van der Waals surface area contributed by atoms with E-state index < -0.39 is 124 Å². The summed E-state index contributed by atoms with van der Waals surface area (Å²) in [7, 11) is 0. The molecule has 0 bridgehead atoms. The fourth-order valence-electron chi connectivity index (χ4n) is 14.3. The number of aliphatic hydroxyl groups is 11. The zero-order valence-electron chi connectivity index (χ0n) is 71.7. The van der Waals surface area contributed by atoms with Gasteiger partial charge in [-0.2, -0.15) is 0 Å². The number of hydrogen-bond donors (Lipinski definition) is 12. The molecular weight excluding hydrogens is 1470 g/mol. The minimum Gasteiger partial charge on any atom is -0.394 e. The molecule has 0 aromatic carbocycles. The third-order valence-corrected chi connectivity index (χ3v) is 21.5. The summed E-state index contributed by atoms with van der Waals surface area (Å²) in [5, 5.41) is 121. The predicted molar refractivity (Wildman–Crippen MR) is 470 cm³/mol. The third kappa shape index (κ3) is 51.9. The van der Waals surface area contributed by atoms with Crippen molar-refractivity contribution in [2.75, 3.05) is 26.4 Å². The summed E-state index contributed by atoms with van der Waals surface area (Å²) >= 11 is 0. The van der Waals surface area contributed by atoms with E-state index in [1.807, 2.05) is 6.08 Å². The van der Waals surface area contributed by atoms with Crippen LogP contribution in [0.2, 0.25) is 0 Å². The van der Waals surface area contributed by atoms with Crippen LogP contribution in [-0.2, 0) is 33.2 Å². The molecule has 3 aliphatic heterocycles. The highest BCUT2D eigenvalue weighted by Gasteiger charge is 2.54. The Morgan fingerprint density at radius 3 is 0.966 bits per heavy atom. The van der Waals surface area contributed by atoms with E-state index in [0.717, 1.165) is 135 Å². The molecule has 19 nitrogen and oxygen atoms in total. The lowest BCUT2D eigenvalue weighted by Crippen LogP contribution is -2.66. The average Bonchev–Trinajstić information content (AvgIpc) is 0.779. The summed E-state index contributed by atoms with van der Waals surface area (Å²) < 4.78 is 34.5. The van der Waals surface area contributed by atoms with E-state index in [1.54, 1.807) is 6.08 Å². The fraction of sp³-hybridized carbons (Fsp3) is 0.722. The quantitative estimate of drug-likeness (QED) is 0.0199. The van der Waals surface area contributed by atoms with Crippen LogP contribution in [0.1, 0.15) is 316 Å². The van der Waals surface area contributed by atoms with Crippen molar-refractivity contribution in [3.63, 3.8) is 0 Å². The largest absolute Gasteiger partial charge is 0.394 e. The molecule has 116 heavy (non-hydrogen) atoms. The number of unbranched alkanes of at least 4 members (excludes halogenated alkanes) is 32. The van der Waals surface area contributed by atoms with Crippen LogP contribution in [0, 0.1) is 0 Å². The molecular formula is C97H163NO18. The smallest absolute Gasteiger partial charge is 0.220 e. The van der Waals surface area contributed by atoms with E-state index in [1.165, 1.54) is 148 Å². The van der Waals surface area contributed by atoms with Gasteiger partial charge in [0.05, 0.1) is 38.6 Å². The van der Waals surface area contributed by atoms with Crippen molar-refractivity contribution in [1.29, 1.82) is 0 Å². The molecule has 0 aliphatic carbocycles.